The van der Waals surface area contributed by atoms with Crippen LogP contribution < -0.4 is 4.74 Å². The van der Waals surface area contributed by atoms with E-state index >= 15 is 0 Å². The molecule has 0 aliphatic rings. The molecule has 0 saturated heterocycles. The SMILES string of the molecule is Cc1ccc(-c2cccc3[nH]c(-c4n[nH]c5ccc(-c6cncc(OCc7ccccc7)c6)cc45)cc23)s1. The molecule has 2 N–H and O–H groups in total. The van der Waals surface area contributed by atoms with Gasteiger partial charge in [-0.2, -0.15) is 5.10 Å². The lowest BCUT2D eigenvalue weighted by molar-refractivity contribution is 0.305. The summed E-state index contributed by atoms with van der Waals surface area (Å²) in [6.45, 7) is 2.65. The van der Waals surface area contributed by atoms with Crippen molar-refractivity contribution in [2.45, 2.75) is 13.5 Å². The van der Waals surface area contributed by atoms with Crippen molar-refractivity contribution >= 4 is 33.1 Å². The van der Waals surface area contributed by atoms with Crippen molar-refractivity contribution in [2.24, 2.45) is 0 Å². The molecule has 0 aliphatic carbocycles. The molecule has 6 heteroatoms. The standard InChI is InChI=1S/C32H24N4OS/c1-20-10-13-31(38-20)25-8-5-9-28-26(25)16-30(34-28)32-27-15-22(11-12-29(27)35-36-32)23-14-24(18-33-17-23)37-19-21-6-3-2-4-7-21/h2-18,34H,19H2,1H3,(H,35,36). The molecular weight excluding hydrogens is 488 g/mol. The van der Waals surface area contributed by atoms with Gasteiger partial charge in [0.2, 0.25) is 0 Å². The number of aromatic nitrogens is 4. The predicted molar refractivity (Wildman–Crippen MR) is 155 cm³/mol. The molecule has 38 heavy (non-hydrogen) atoms. The van der Waals surface area contributed by atoms with E-state index in [-0.39, 0.29) is 0 Å². The Labute approximate surface area is 223 Å². The zero-order chi connectivity index (χ0) is 25.5. The van der Waals surface area contributed by atoms with Gasteiger partial charge in [0.15, 0.2) is 0 Å². The van der Waals surface area contributed by atoms with Crippen LogP contribution >= 0.6 is 11.3 Å². The fourth-order valence-electron chi connectivity index (χ4n) is 4.87. The number of aryl methyl sites for hydroxylation is 1. The third-order valence-electron chi connectivity index (χ3n) is 6.78. The van der Waals surface area contributed by atoms with E-state index in [1.807, 2.05) is 41.8 Å². The third kappa shape index (κ3) is 4.15. The summed E-state index contributed by atoms with van der Waals surface area (Å²) < 4.78 is 6.02. The summed E-state index contributed by atoms with van der Waals surface area (Å²) in [5, 5.41) is 10.1. The smallest absolute Gasteiger partial charge is 0.138 e. The van der Waals surface area contributed by atoms with Crippen molar-refractivity contribution in [1.82, 2.24) is 20.2 Å². The van der Waals surface area contributed by atoms with Crippen LogP contribution in [0.1, 0.15) is 10.4 Å². The third-order valence-corrected chi connectivity index (χ3v) is 7.82. The molecule has 3 aromatic carbocycles. The molecule has 0 unspecified atom stereocenters. The molecule has 0 radical (unpaired) electrons. The molecule has 184 valence electrons. The average Bonchev–Trinajstić information content (AvgIpc) is 3.70. The number of thiophene rings is 1. The zero-order valence-electron chi connectivity index (χ0n) is 20.7. The first-order valence-corrected chi connectivity index (χ1v) is 13.3. The van der Waals surface area contributed by atoms with Crippen LogP contribution in [-0.2, 0) is 6.61 Å². The number of fused-ring (bicyclic) bond motifs is 2. The van der Waals surface area contributed by atoms with E-state index in [1.165, 1.54) is 20.7 Å². The number of rotatable bonds is 6. The van der Waals surface area contributed by atoms with Crippen molar-refractivity contribution in [1.29, 1.82) is 0 Å². The van der Waals surface area contributed by atoms with Gasteiger partial charge < -0.3 is 9.72 Å². The molecule has 0 amide bonds. The van der Waals surface area contributed by atoms with Crippen LogP contribution in [-0.4, -0.2) is 20.2 Å². The predicted octanol–water partition coefficient (Wildman–Crippen LogP) is 8.39. The van der Waals surface area contributed by atoms with E-state index in [1.54, 1.807) is 6.20 Å². The Kier molecular flexibility index (Phi) is 5.52. The highest BCUT2D eigenvalue weighted by Gasteiger charge is 2.15. The minimum absolute atomic E-state index is 0.504. The van der Waals surface area contributed by atoms with E-state index in [4.69, 9.17) is 4.74 Å². The van der Waals surface area contributed by atoms with Gasteiger partial charge in [-0.3, -0.25) is 10.1 Å². The second-order valence-corrected chi connectivity index (χ2v) is 10.7. The average molecular weight is 513 g/mol. The molecule has 0 bridgehead atoms. The van der Waals surface area contributed by atoms with Crippen LogP contribution in [0.25, 0.3) is 54.8 Å². The second kappa shape index (κ2) is 9.32. The summed E-state index contributed by atoms with van der Waals surface area (Å²) in [4.78, 5) is 10.6. The fraction of sp³-hybridized carbons (Fsp3) is 0.0625. The minimum Gasteiger partial charge on any atom is -0.487 e. The quantitative estimate of drug-likeness (QED) is 0.235. The molecule has 0 spiro atoms. The first kappa shape index (κ1) is 22.5. The van der Waals surface area contributed by atoms with Crippen LogP contribution in [0, 0.1) is 6.92 Å². The molecule has 4 aromatic heterocycles. The number of pyridine rings is 1. The maximum absolute atomic E-state index is 6.02. The zero-order valence-corrected chi connectivity index (χ0v) is 21.5. The maximum Gasteiger partial charge on any atom is 0.138 e. The Balaban J connectivity index is 1.24. The van der Waals surface area contributed by atoms with Gasteiger partial charge in [0.25, 0.3) is 0 Å². The largest absolute Gasteiger partial charge is 0.487 e. The van der Waals surface area contributed by atoms with E-state index in [9.17, 15) is 0 Å². The van der Waals surface area contributed by atoms with Crippen LogP contribution in [0.2, 0.25) is 0 Å². The number of hydrogen-bond donors (Lipinski definition) is 2. The normalized spacial score (nSPS) is 11.4. The lowest BCUT2D eigenvalue weighted by atomic mass is 10.0. The topological polar surface area (TPSA) is 66.6 Å². The minimum atomic E-state index is 0.504. The van der Waals surface area contributed by atoms with E-state index < -0.39 is 0 Å². The molecular formula is C32H24N4OS. The highest BCUT2D eigenvalue weighted by Crippen LogP contribution is 2.37. The number of H-pyrrole nitrogens is 2. The van der Waals surface area contributed by atoms with E-state index in [0.717, 1.165) is 50.2 Å². The Morgan fingerprint density at radius 1 is 0.789 bits per heavy atom. The highest BCUT2D eigenvalue weighted by molar-refractivity contribution is 7.15. The van der Waals surface area contributed by atoms with Gasteiger partial charge in [-0.05, 0) is 60.5 Å². The van der Waals surface area contributed by atoms with Gasteiger partial charge >= 0.3 is 0 Å². The number of benzene rings is 3. The van der Waals surface area contributed by atoms with Crippen LogP contribution in [0.5, 0.6) is 5.75 Å². The summed E-state index contributed by atoms with van der Waals surface area (Å²) in [5.41, 5.74) is 8.39. The van der Waals surface area contributed by atoms with Gasteiger partial charge in [0, 0.05) is 43.4 Å². The van der Waals surface area contributed by atoms with Gasteiger partial charge in [0.1, 0.15) is 18.1 Å². The summed E-state index contributed by atoms with van der Waals surface area (Å²) in [5.74, 6) is 0.742. The molecule has 7 rings (SSSR count). The van der Waals surface area contributed by atoms with Crippen LogP contribution in [0.4, 0.5) is 0 Å². The Bertz CT molecular complexity index is 1900. The Morgan fingerprint density at radius 3 is 2.58 bits per heavy atom. The molecule has 4 heterocycles. The van der Waals surface area contributed by atoms with E-state index in [2.05, 4.69) is 93.8 Å². The van der Waals surface area contributed by atoms with Gasteiger partial charge in [-0.15, -0.1) is 11.3 Å². The Hall–Kier alpha value is -4.68. The second-order valence-electron chi connectivity index (χ2n) is 9.38. The summed E-state index contributed by atoms with van der Waals surface area (Å²) >= 11 is 1.82. The Morgan fingerprint density at radius 2 is 1.71 bits per heavy atom. The first-order chi connectivity index (χ1) is 18.7. The lowest BCUT2D eigenvalue weighted by Crippen LogP contribution is -1.95. The van der Waals surface area contributed by atoms with E-state index in [0.29, 0.717) is 6.61 Å². The number of hydrogen-bond acceptors (Lipinski definition) is 4. The van der Waals surface area contributed by atoms with Gasteiger partial charge in [-0.1, -0.05) is 48.5 Å². The number of aromatic amines is 2. The number of ether oxygens (including phenoxy) is 1. The number of nitrogens with one attached hydrogen (secondary N) is 2. The fourth-order valence-corrected chi connectivity index (χ4v) is 5.78. The molecule has 5 nitrogen and oxygen atoms in total. The maximum atomic E-state index is 6.02. The van der Waals surface area contributed by atoms with Crippen molar-refractivity contribution in [3.63, 3.8) is 0 Å². The van der Waals surface area contributed by atoms with Crippen molar-refractivity contribution < 1.29 is 4.74 Å². The van der Waals surface area contributed by atoms with Crippen LogP contribution in [0.3, 0.4) is 0 Å². The van der Waals surface area contributed by atoms with Crippen LogP contribution in [0.15, 0.2) is 103 Å². The molecule has 0 saturated carbocycles. The molecule has 0 atom stereocenters. The van der Waals surface area contributed by atoms with Crippen molar-refractivity contribution in [3.8, 4) is 38.7 Å². The summed E-state index contributed by atoms with van der Waals surface area (Å²) in [7, 11) is 0. The molecule has 0 aliphatic heterocycles. The molecule has 0 fully saturated rings. The lowest BCUT2D eigenvalue weighted by Gasteiger charge is -2.08. The first-order valence-electron chi connectivity index (χ1n) is 12.5. The summed E-state index contributed by atoms with van der Waals surface area (Å²) in [6, 6.07) is 31.5. The number of nitrogens with zero attached hydrogens (tertiary/aromatic N) is 2. The monoisotopic (exact) mass is 512 g/mol. The van der Waals surface area contributed by atoms with Gasteiger partial charge in [0.05, 0.1) is 17.4 Å². The van der Waals surface area contributed by atoms with Crippen molar-refractivity contribution in [2.75, 3.05) is 0 Å². The summed E-state index contributed by atoms with van der Waals surface area (Å²) in [6.07, 6.45) is 3.62. The molecule has 7 aromatic rings. The van der Waals surface area contributed by atoms with Gasteiger partial charge in [-0.25, -0.2) is 0 Å². The highest BCUT2D eigenvalue weighted by atomic mass is 32.1. The van der Waals surface area contributed by atoms with Crippen molar-refractivity contribution in [3.05, 3.63) is 114 Å².